The van der Waals surface area contributed by atoms with Crippen molar-refractivity contribution in [3.05, 3.63) is 54.1 Å². The maximum Gasteiger partial charge on any atom is 0.253 e. The van der Waals surface area contributed by atoms with Crippen LogP contribution in [-0.2, 0) is 9.59 Å². The van der Waals surface area contributed by atoms with Gasteiger partial charge in [0.1, 0.15) is 5.75 Å². The minimum absolute atomic E-state index is 0.0694. The van der Waals surface area contributed by atoms with Gasteiger partial charge < -0.3 is 20.3 Å². The molecule has 1 atom stereocenters. The number of amides is 3. The Morgan fingerprint density at radius 1 is 1.00 bits per heavy atom. The summed E-state index contributed by atoms with van der Waals surface area (Å²) < 4.78 is 5.66. The highest BCUT2D eigenvalue weighted by molar-refractivity contribution is 6.07. The predicted molar refractivity (Wildman–Crippen MR) is 132 cm³/mol. The van der Waals surface area contributed by atoms with Crippen LogP contribution in [0.5, 0.6) is 5.75 Å². The normalized spacial score (nSPS) is 18.7. The minimum atomic E-state index is -0.492. The molecule has 2 aliphatic rings. The Morgan fingerprint density at radius 2 is 1.71 bits per heavy atom. The monoisotopic (exact) mass is 463 g/mol. The van der Waals surface area contributed by atoms with E-state index in [1.807, 2.05) is 38.1 Å². The number of carbonyl (C=O) groups is 3. The van der Waals surface area contributed by atoms with Crippen LogP contribution >= 0.6 is 0 Å². The summed E-state index contributed by atoms with van der Waals surface area (Å²) in [6, 6.07) is 14.5. The van der Waals surface area contributed by atoms with Gasteiger partial charge in [-0.3, -0.25) is 14.4 Å². The van der Waals surface area contributed by atoms with Gasteiger partial charge in [-0.1, -0.05) is 31.4 Å². The number of hydrogen-bond donors (Lipinski definition) is 2. The van der Waals surface area contributed by atoms with E-state index < -0.39 is 5.92 Å². The lowest BCUT2D eigenvalue weighted by Crippen LogP contribution is -2.36. The Hall–Kier alpha value is -3.35. The largest absolute Gasteiger partial charge is 0.491 e. The quantitative estimate of drug-likeness (QED) is 0.632. The number of anilines is 2. The van der Waals surface area contributed by atoms with Crippen molar-refractivity contribution in [1.29, 1.82) is 0 Å². The second kappa shape index (κ2) is 10.7. The number of nitrogens with one attached hydrogen (secondary N) is 2. The van der Waals surface area contributed by atoms with Crippen LogP contribution in [0.1, 0.15) is 62.7 Å². The number of hydrogen-bond acceptors (Lipinski definition) is 4. The first-order chi connectivity index (χ1) is 16.4. The molecular formula is C27H33N3O4. The van der Waals surface area contributed by atoms with E-state index in [4.69, 9.17) is 4.74 Å². The molecule has 7 nitrogen and oxygen atoms in total. The summed E-state index contributed by atoms with van der Waals surface area (Å²) in [5.74, 6) is -0.276. The summed E-state index contributed by atoms with van der Waals surface area (Å²) >= 11 is 0. The Morgan fingerprint density at radius 3 is 2.41 bits per heavy atom. The fourth-order valence-electron chi connectivity index (χ4n) is 4.64. The molecule has 180 valence electrons. The summed E-state index contributed by atoms with van der Waals surface area (Å²) in [7, 11) is 0. The molecule has 0 bridgehead atoms. The number of rotatable bonds is 7. The molecule has 1 heterocycles. The molecular weight excluding hydrogens is 430 g/mol. The van der Waals surface area contributed by atoms with E-state index in [9.17, 15) is 14.4 Å². The summed E-state index contributed by atoms with van der Waals surface area (Å²) in [6.45, 7) is 4.21. The third-order valence-corrected chi connectivity index (χ3v) is 6.39. The van der Waals surface area contributed by atoms with Crippen LogP contribution in [0, 0.1) is 5.92 Å². The molecule has 0 aromatic heterocycles. The molecule has 7 heteroatoms. The van der Waals surface area contributed by atoms with E-state index in [2.05, 4.69) is 10.6 Å². The van der Waals surface area contributed by atoms with E-state index in [1.165, 1.54) is 6.42 Å². The average molecular weight is 464 g/mol. The van der Waals surface area contributed by atoms with Crippen molar-refractivity contribution in [2.24, 2.45) is 5.92 Å². The fraction of sp³-hybridized carbons (Fsp3) is 0.444. The van der Waals surface area contributed by atoms with Crippen molar-refractivity contribution in [2.45, 2.75) is 64.5 Å². The van der Waals surface area contributed by atoms with Crippen LogP contribution in [0.15, 0.2) is 48.5 Å². The lowest BCUT2D eigenvalue weighted by molar-refractivity contribution is -0.122. The zero-order valence-electron chi connectivity index (χ0n) is 19.9. The van der Waals surface area contributed by atoms with Crippen molar-refractivity contribution in [3.8, 4) is 5.75 Å². The van der Waals surface area contributed by atoms with Crippen LogP contribution in [0.4, 0.5) is 11.4 Å². The van der Waals surface area contributed by atoms with Gasteiger partial charge in [-0.05, 0) is 63.1 Å². The number of carbonyl (C=O) groups excluding carboxylic acids is 3. The maximum atomic E-state index is 13.0. The first-order valence-corrected chi connectivity index (χ1v) is 12.2. The average Bonchev–Trinajstić information content (AvgIpc) is 3.22. The zero-order chi connectivity index (χ0) is 24.1. The minimum Gasteiger partial charge on any atom is -0.491 e. The smallest absolute Gasteiger partial charge is 0.253 e. The second-order valence-corrected chi connectivity index (χ2v) is 9.41. The highest BCUT2D eigenvalue weighted by Crippen LogP contribution is 2.28. The van der Waals surface area contributed by atoms with E-state index in [1.54, 1.807) is 29.2 Å². The van der Waals surface area contributed by atoms with Gasteiger partial charge in [-0.2, -0.15) is 0 Å². The fourth-order valence-corrected chi connectivity index (χ4v) is 4.64. The molecule has 0 unspecified atom stereocenters. The van der Waals surface area contributed by atoms with Crippen LogP contribution < -0.4 is 20.3 Å². The Kier molecular flexibility index (Phi) is 7.50. The summed E-state index contributed by atoms with van der Waals surface area (Å²) in [6.07, 6.45) is 5.65. The first kappa shape index (κ1) is 23.8. The van der Waals surface area contributed by atoms with Gasteiger partial charge in [0, 0.05) is 24.7 Å². The van der Waals surface area contributed by atoms with Gasteiger partial charge in [-0.15, -0.1) is 0 Å². The SMILES string of the molecule is CC(C)Oc1ccc(N2C[C@@H](C(=O)Nc3ccccc3C(=O)NC3CCCCC3)CC2=O)cc1. The predicted octanol–water partition coefficient (Wildman–Crippen LogP) is 4.53. The van der Waals surface area contributed by atoms with Crippen LogP contribution in [0.2, 0.25) is 0 Å². The molecule has 1 aliphatic heterocycles. The van der Waals surface area contributed by atoms with Gasteiger partial charge >= 0.3 is 0 Å². The van der Waals surface area contributed by atoms with Crippen LogP contribution in [-0.4, -0.2) is 36.4 Å². The number of ether oxygens (including phenoxy) is 1. The van der Waals surface area contributed by atoms with Crippen LogP contribution in [0.25, 0.3) is 0 Å². The van der Waals surface area contributed by atoms with Crippen molar-refractivity contribution >= 4 is 29.1 Å². The van der Waals surface area contributed by atoms with E-state index in [-0.39, 0.29) is 36.3 Å². The Labute approximate surface area is 200 Å². The molecule has 4 rings (SSSR count). The lowest BCUT2D eigenvalue weighted by Gasteiger charge is -2.23. The van der Waals surface area contributed by atoms with Gasteiger partial charge in [0.2, 0.25) is 11.8 Å². The molecule has 0 spiro atoms. The van der Waals surface area contributed by atoms with Crippen molar-refractivity contribution in [2.75, 3.05) is 16.8 Å². The standard InChI is InChI=1S/C27H33N3O4/c1-18(2)34-22-14-12-21(13-15-22)30-17-19(16-25(30)31)26(32)29-24-11-7-6-10-23(24)27(33)28-20-8-4-3-5-9-20/h6-7,10-15,18-20H,3-5,8-9,16-17H2,1-2H3,(H,28,33)(H,29,32)/t19-/m0/s1. The first-order valence-electron chi connectivity index (χ1n) is 12.2. The van der Waals surface area contributed by atoms with Gasteiger partial charge in [0.25, 0.3) is 5.91 Å². The third kappa shape index (κ3) is 5.76. The van der Waals surface area contributed by atoms with Crippen molar-refractivity contribution in [3.63, 3.8) is 0 Å². The molecule has 1 aliphatic carbocycles. The summed E-state index contributed by atoms with van der Waals surface area (Å²) in [5.41, 5.74) is 1.66. The number of nitrogens with zero attached hydrogens (tertiary/aromatic N) is 1. The highest BCUT2D eigenvalue weighted by atomic mass is 16.5. The molecule has 2 aromatic rings. The summed E-state index contributed by atoms with van der Waals surface area (Å²) in [5, 5.41) is 6.00. The molecule has 2 N–H and O–H groups in total. The Balaban J connectivity index is 1.39. The molecule has 2 aromatic carbocycles. The number of para-hydroxylation sites is 1. The summed E-state index contributed by atoms with van der Waals surface area (Å²) in [4.78, 5) is 40.2. The Bertz CT molecular complexity index is 1030. The molecule has 0 radical (unpaired) electrons. The molecule has 1 saturated carbocycles. The second-order valence-electron chi connectivity index (χ2n) is 9.41. The highest BCUT2D eigenvalue weighted by Gasteiger charge is 2.35. The van der Waals surface area contributed by atoms with E-state index in [0.29, 0.717) is 17.8 Å². The van der Waals surface area contributed by atoms with Crippen molar-refractivity contribution in [1.82, 2.24) is 5.32 Å². The lowest BCUT2D eigenvalue weighted by atomic mass is 9.95. The van der Waals surface area contributed by atoms with E-state index >= 15 is 0 Å². The molecule has 34 heavy (non-hydrogen) atoms. The maximum absolute atomic E-state index is 13.0. The topological polar surface area (TPSA) is 87.7 Å². The van der Waals surface area contributed by atoms with E-state index in [0.717, 1.165) is 37.1 Å². The molecule has 2 fully saturated rings. The molecule has 3 amide bonds. The zero-order valence-corrected chi connectivity index (χ0v) is 19.9. The van der Waals surface area contributed by atoms with Gasteiger partial charge in [0.05, 0.1) is 23.3 Å². The van der Waals surface area contributed by atoms with Crippen LogP contribution in [0.3, 0.4) is 0 Å². The van der Waals surface area contributed by atoms with Gasteiger partial charge in [0.15, 0.2) is 0 Å². The van der Waals surface area contributed by atoms with Gasteiger partial charge in [-0.25, -0.2) is 0 Å². The van der Waals surface area contributed by atoms with Crippen molar-refractivity contribution < 1.29 is 19.1 Å². The number of benzene rings is 2. The molecule has 1 saturated heterocycles. The third-order valence-electron chi connectivity index (χ3n) is 6.39.